The van der Waals surface area contributed by atoms with E-state index in [0.717, 1.165) is 31.0 Å². The number of aliphatic hydroxyl groups is 1. The van der Waals surface area contributed by atoms with Crippen LogP contribution in [0.4, 0.5) is 13.2 Å². The van der Waals surface area contributed by atoms with Gasteiger partial charge in [-0.1, -0.05) is 0 Å². The summed E-state index contributed by atoms with van der Waals surface area (Å²) in [7, 11) is 0. The van der Waals surface area contributed by atoms with Gasteiger partial charge in [-0.05, 0) is 79.5 Å². The number of fused-ring (bicyclic) bond motifs is 1. The number of hydrogen-bond acceptors (Lipinski definition) is 2. The molecule has 7 heteroatoms. The third-order valence-corrected chi connectivity index (χ3v) is 7.02. The Hall–Kier alpha value is -2.80. The SMILES string of the molecule is O=C(C1CC(c2c(-c3ccc(F)cc3)[nH]c3c(F)cc(F)cc23)C1)N1CCCC1CCO. The van der Waals surface area contributed by atoms with E-state index < -0.39 is 11.6 Å². The molecule has 1 amide bonds. The standard InChI is InChI=1S/C25H25F3N2O2/c26-17-5-3-14(4-6-17)23-22(20-12-18(27)13-21(28)24(20)29-23)15-10-16(11-15)25(32)30-8-1-2-19(30)7-9-31/h3-6,12-13,15-16,19,29,31H,1-2,7-11H2. The molecule has 1 saturated heterocycles. The number of amides is 1. The molecular formula is C25H25F3N2O2. The predicted molar refractivity (Wildman–Crippen MR) is 116 cm³/mol. The third-order valence-electron chi connectivity index (χ3n) is 7.02. The van der Waals surface area contributed by atoms with E-state index in [9.17, 15) is 23.1 Å². The smallest absolute Gasteiger partial charge is 0.225 e. The van der Waals surface area contributed by atoms with Gasteiger partial charge in [-0.15, -0.1) is 0 Å². The largest absolute Gasteiger partial charge is 0.396 e. The first-order valence-electron chi connectivity index (χ1n) is 11.1. The highest BCUT2D eigenvalue weighted by atomic mass is 19.1. The first kappa shape index (κ1) is 21.1. The Morgan fingerprint density at radius 1 is 1.09 bits per heavy atom. The lowest BCUT2D eigenvalue weighted by Gasteiger charge is -2.38. The van der Waals surface area contributed by atoms with Crippen molar-refractivity contribution in [3.8, 4) is 11.3 Å². The highest BCUT2D eigenvalue weighted by Gasteiger charge is 2.42. The molecule has 1 unspecified atom stereocenters. The van der Waals surface area contributed by atoms with Crippen molar-refractivity contribution in [3.05, 3.63) is 59.4 Å². The minimum atomic E-state index is -0.675. The molecule has 2 aromatic carbocycles. The van der Waals surface area contributed by atoms with Crippen molar-refractivity contribution in [1.82, 2.24) is 9.88 Å². The van der Waals surface area contributed by atoms with E-state index in [0.29, 0.717) is 35.9 Å². The number of rotatable bonds is 5. The number of H-pyrrole nitrogens is 1. The Kier molecular flexibility index (Phi) is 5.45. The van der Waals surface area contributed by atoms with Crippen LogP contribution >= 0.6 is 0 Å². The maximum Gasteiger partial charge on any atom is 0.225 e. The van der Waals surface area contributed by atoms with Gasteiger partial charge in [0.2, 0.25) is 5.91 Å². The second-order valence-corrected chi connectivity index (χ2v) is 8.94. The number of carbonyl (C=O) groups excluding carboxylic acids is 1. The van der Waals surface area contributed by atoms with Crippen molar-refractivity contribution in [2.24, 2.45) is 5.92 Å². The van der Waals surface area contributed by atoms with Crippen LogP contribution in [0.5, 0.6) is 0 Å². The van der Waals surface area contributed by atoms with E-state index in [2.05, 4.69) is 4.98 Å². The summed E-state index contributed by atoms with van der Waals surface area (Å²) in [5.41, 5.74) is 2.33. The Balaban J connectivity index is 1.46. The first-order chi connectivity index (χ1) is 15.5. The predicted octanol–water partition coefficient (Wildman–Crippen LogP) is 5.12. The number of nitrogens with zero attached hydrogens (tertiary/aromatic N) is 1. The van der Waals surface area contributed by atoms with Crippen molar-refractivity contribution in [1.29, 1.82) is 0 Å². The summed E-state index contributed by atoms with van der Waals surface area (Å²) in [6.45, 7) is 0.782. The van der Waals surface area contributed by atoms with Crippen LogP contribution in [0.2, 0.25) is 0 Å². The van der Waals surface area contributed by atoms with E-state index in [1.807, 2.05) is 4.90 Å². The second kappa shape index (κ2) is 8.28. The third kappa shape index (κ3) is 3.58. The number of benzene rings is 2. The summed E-state index contributed by atoms with van der Waals surface area (Å²) in [6.07, 6.45) is 3.65. The summed E-state index contributed by atoms with van der Waals surface area (Å²) >= 11 is 0. The van der Waals surface area contributed by atoms with Gasteiger partial charge in [-0.2, -0.15) is 0 Å². The van der Waals surface area contributed by atoms with Crippen LogP contribution in [0, 0.1) is 23.4 Å². The molecule has 2 aliphatic rings. The average Bonchev–Trinajstić information content (AvgIpc) is 3.33. The van der Waals surface area contributed by atoms with Crippen molar-refractivity contribution < 1.29 is 23.1 Å². The normalized spacial score (nSPS) is 23.0. The van der Waals surface area contributed by atoms with Crippen LogP contribution in [-0.2, 0) is 4.79 Å². The van der Waals surface area contributed by atoms with Crippen LogP contribution in [0.15, 0.2) is 36.4 Å². The highest BCUT2D eigenvalue weighted by Crippen LogP contribution is 2.49. The van der Waals surface area contributed by atoms with Crippen LogP contribution < -0.4 is 0 Å². The summed E-state index contributed by atoms with van der Waals surface area (Å²) in [5.74, 6) is -1.76. The molecule has 0 bridgehead atoms. The fourth-order valence-corrected chi connectivity index (χ4v) is 5.37. The second-order valence-electron chi connectivity index (χ2n) is 8.94. The maximum absolute atomic E-state index is 14.5. The molecule has 4 nitrogen and oxygen atoms in total. The maximum atomic E-state index is 14.5. The highest BCUT2D eigenvalue weighted by molar-refractivity contribution is 5.92. The van der Waals surface area contributed by atoms with Gasteiger partial charge in [0, 0.05) is 36.6 Å². The fraction of sp³-hybridized carbons (Fsp3) is 0.400. The number of aromatic amines is 1. The van der Waals surface area contributed by atoms with E-state index in [1.165, 1.54) is 18.2 Å². The van der Waals surface area contributed by atoms with Gasteiger partial charge in [0.25, 0.3) is 0 Å². The Morgan fingerprint density at radius 2 is 1.84 bits per heavy atom. The molecule has 1 atom stereocenters. The van der Waals surface area contributed by atoms with Gasteiger partial charge < -0.3 is 15.0 Å². The number of hydrogen-bond donors (Lipinski definition) is 2. The van der Waals surface area contributed by atoms with E-state index in [-0.39, 0.29) is 41.7 Å². The molecule has 2 heterocycles. The zero-order valence-corrected chi connectivity index (χ0v) is 17.6. The molecule has 3 aromatic rings. The van der Waals surface area contributed by atoms with Crippen molar-refractivity contribution in [3.63, 3.8) is 0 Å². The topological polar surface area (TPSA) is 56.3 Å². The fourth-order valence-electron chi connectivity index (χ4n) is 5.37. The van der Waals surface area contributed by atoms with Gasteiger partial charge in [0.15, 0.2) is 0 Å². The first-order valence-corrected chi connectivity index (χ1v) is 11.1. The molecule has 1 aromatic heterocycles. The zero-order valence-electron chi connectivity index (χ0n) is 17.6. The number of aromatic nitrogens is 1. The molecular weight excluding hydrogens is 417 g/mol. The molecule has 1 aliphatic carbocycles. The summed E-state index contributed by atoms with van der Waals surface area (Å²) in [5, 5.41) is 9.75. The van der Waals surface area contributed by atoms with E-state index in [4.69, 9.17) is 0 Å². The van der Waals surface area contributed by atoms with Crippen LogP contribution in [0.1, 0.15) is 43.6 Å². The molecule has 32 heavy (non-hydrogen) atoms. The van der Waals surface area contributed by atoms with Gasteiger partial charge in [-0.25, -0.2) is 13.2 Å². The molecule has 168 valence electrons. The Bertz CT molecular complexity index is 1150. The average molecular weight is 442 g/mol. The van der Waals surface area contributed by atoms with Gasteiger partial charge in [0.1, 0.15) is 17.5 Å². The number of nitrogens with one attached hydrogen (secondary N) is 1. The molecule has 5 rings (SSSR count). The van der Waals surface area contributed by atoms with E-state index in [1.54, 1.807) is 12.1 Å². The molecule has 2 fully saturated rings. The molecule has 2 N–H and O–H groups in total. The lowest BCUT2D eigenvalue weighted by molar-refractivity contribution is -0.139. The van der Waals surface area contributed by atoms with Gasteiger partial charge >= 0.3 is 0 Å². The molecule has 1 saturated carbocycles. The van der Waals surface area contributed by atoms with Crippen molar-refractivity contribution in [2.45, 2.75) is 44.1 Å². The molecule has 1 aliphatic heterocycles. The molecule has 0 radical (unpaired) electrons. The van der Waals surface area contributed by atoms with Crippen LogP contribution in [-0.4, -0.2) is 40.1 Å². The Labute approximate surface area is 184 Å². The monoisotopic (exact) mass is 442 g/mol. The quantitative estimate of drug-likeness (QED) is 0.576. The lowest BCUT2D eigenvalue weighted by Crippen LogP contribution is -2.44. The number of likely N-dealkylation sites (tertiary alicyclic amines) is 1. The van der Waals surface area contributed by atoms with Gasteiger partial charge in [0.05, 0.1) is 11.2 Å². The minimum absolute atomic E-state index is 0.0298. The lowest BCUT2D eigenvalue weighted by atomic mass is 9.69. The summed E-state index contributed by atoms with van der Waals surface area (Å²) < 4.78 is 42.0. The summed E-state index contributed by atoms with van der Waals surface area (Å²) in [6, 6.07) is 8.17. The Morgan fingerprint density at radius 3 is 2.56 bits per heavy atom. The van der Waals surface area contributed by atoms with Gasteiger partial charge in [-0.3, -0.25) is 4.79 Å². The summed E-state index contributed by atoms with van der Waals surface area (Å²) in [4.78, 5) is 18.0. The zero-order chi connectivity index (χ0) is 22.4. The van der Waals surface area contributed by atoms with Crippen LogP contribution in [0.25, 0.3) is 22.2 Å². The number of halogens is 3. The number of aliphatic hydroxyl groups excluding tert-OH is 1. The van der Waals surface area contributed by atoms with Crippen molar-refractivity contribution >= 4 is 16.8 Å². The van der Waals surface area contributed by atoms with E-state index >= 15 is 0 Å². The minimum Gasteiger partial charge on any atom is -0.396 e. The van der Waals surface area contributed by atoms with Crippen LogP contribution in [0.3, 0.4) is 0 Å². The molecule has 0 spiro atoms. The van der Waals surface area contributed by atoms with Crippen molar-refractivity contribution in [2.75, 3.05) is 13.2 Å². The number of carbonyl (C=O) groups is 1.